The van der Waals surface area contributed by atoms with Crippen molar-refractivity contribution in [1.29, 1.82) is 0 Å². The van der Waals surface area contributed by atoms with E-state index < -0.39 is 23.5 Å². The van der Waals surface area contributed by atoms with Gasteiger partial charge in [-0.05, 0) is 0 Å². The molecular weight excluding hydrogens is 589 g/mol. The van der Waals surface area contributed by atoms with Gasteiger partial charge in [0.05, 0.1) is 0 Å². The summed E-state index contributed by atoms with van der Waals surface area (Å²) in [6.45, 7) is 9.45. The van der Waals surface area contributed by atoms with Crippen molar-refractivity contribution in [2.45, 2.75) is 83.2 Å². The van der Waals surface area contributed by atoms with E-state index in [1.807, 2.05) is 0 Å². The van der Waals surface area contributed by atoms with E-state index in [9.17, 15) is 13.7 Å². The largest absolute Gasteiger partial charge is 0.490 e. The zero-order valence-electron chi connectivity index (χ0n) is 18.3. The molecule has 182 valence electrons. The zero-order chi connectivity index (χ0) is 23.8. The summed E-state index contributed by atoms with van der Waals surface area (Å²) in [6, 6.07) is 0. The molecule has 14 heteroatoms. The van der Waals surface area contributed by atoms with Gasteiger partial charge in [-0.15, -0.1) is 0 Å². The Balaban J connectivity index is 0. The normalized spacial score (nSPS) is 14.6. The molecule has 0 saturated heterocycles. The first-order chi connectivity index (χ1) is 13.7. The van der Waals surface area contributed by atoms with Crippen molar-refractivity contribution in [2.24, 2.45) is 11.8 Å². The Morgan fingerprint density at radius 2 is 1.03 bits per heavy atom. The zero-order valence-corrected chi connectivity index (χ0v) is 24.2. The van der Waals surface area contributed by atoms with E-state index >= 15 is 0 Å². The topological polar surface area (TPSA) is 171 Å². The number of hydrogen-bond acceptors (Lipinski definition) is 5. The molecule has 0 radical (unpaired) electrons. The molecule has 0 bridgehead atoms. The molecule has 0 saturated carbocycles. The smallest absolute Gasteiger partial charge is 0.302 e. The van der Waals surface area contributed by atoms with Crippen LogP contribution in [0.5, 0.6) is 0 Å². The summed E-state index contributed by atoms with van der Waals surface area (Å²) in [5.41, 5.74) is 0. The molecule has 0 rings (SSSR count). The van der Waals surface area contributed by atoms with Gasteiger partial charge in [-0.2, -0.15) is 8.62 Å². The molecule has 30 heavy (non-hydrogen) atoms. The maximum absolute atomic E-state index is 10.4. The van der Waals surface area contributed by atoms with Crippen molar-refractivity contribution in [3.05, 3.63) is 0 Å². The summed E-state index contributed by atoms with van der Waals surface area (Å²) in [4.78, 5) is 40.2. The number of unbranched alkanes of at least 4 members (excludes halogenated alkanes) is 2. The molecular formula is C16H39NdO10P3. The van der Waals surface area contributed by atoms with Crippen molar-refractivity contribution in [1.82, 2.24) is 0 Å². The van der Waals surface area contributed by atoms with Gasteiger partial charge in [0.1, 0.15) is 0 Å². The van der Waals surface area contributed by atoms with E-state index in [-0.39, 0.29) is 36.7 Å². The molecule has 10 nitrogen and oxygen atoms in total. The second-order valence-electron chi connectivity index (χ2n) is 7.10. The molecule has 2 atom stereocenters. The van der Waals surface area contributed by atoms with E-state index in [1.165, 1.54) is 51.4 Å². The molecule has 0 aliphatic rings. The summed E-state index contributed by atoms with van der Waals surface area (Å²) >= 11 is -0.257. The Hall–Kier alpha value is 1.76. The minimum atomic E-state index is -5.46. The Kier molecular flexibility index (Phi) is 20.5. The Labute approximate surface area is 200 Å². The standard InChI is InChI=1S/2C8H17.Nd.H5O10P3/c2*1-4-6-7-8(3)5-2;;1-11(2,3)9-13(7,8)10-12(4,5)6/h2*8H,3-7H2,1-2H3;;(H,7,8)(H2,1,2,3)(H2,4,5,6). The Morgan fingerprint density at radius 1 is 0.700 bits per heavy atom. The van der Waals surface area contributed by atoms with Crippen LogP contribution in [-0.4, -0.2) is 24.5 Å². The third-order valence-electron chi connectivity index (χ3n) is 4.37. The van der Waals surface area contributed by atoms with Gasteiger partial charge in [0, 0.05) is 0 Å². The fraction of sp³-hybridized carbons (Fsp3) is 1.00. The maximum atomic E-state index is 10.4. The van der Waals surface area contributed by atoms with Gasteiger partial charge in [0.15, 0.2) is 0 Å². The number of rotatable bonds is 16. The molecule has 0 aliphatic heterocycles. The number of hydrogen-bond donors (Lipinski definition) is 5. The van der Waals surface area contributed by atoms with Crippen LogP contribution in [0.25, 0.3) is 0 Å². The molecule has 0 fully saturated rings. The number of phosphoric acid groups is 3. The van der Waals surface area contributed by atoms with Crippen molar-refractivity contribution in [3.63, 3.8) is 0 Å². The molecule has 0 spiro atoms. The molecule has 0 amide bonds. The monoisotopic (exact) mass is 626 g/mol. The van der Waals surface area contributed by atoms with Crippen LogP contribution < -0.4 is 0 Å². The van der Waals surface area contributed by atoms with E-state index in [1.54, 1.807) is 4.14 Å². The molecule has 0 aliphatic carbocycles. The van der Waals surface area contributed by atoms with Crippen LogP contribution in [0.15, 0.2) is 0 Å². The maximum Gasteiger partial charge on any atom is 0.490 e. The first-order valence-electron chi connectivity index (χ1n) is 10.3. The minimum absolute atomic E-state index is 0.257. The molecule has 0 aromatic rings. The molecule has 0 aromatic heterocycles. The van der Waals surface area contributed by atoms with Crippen LogP contribution in [0.2, 0.25) is 4.14 Å². The van der Waals surface area contributed by atoms with Gasteiger partial charge in [-0.3, -0.25) is 0 Å². The third-order valence-corrected chi connectivity index (χ3v) is 13.3. The van der Waals surface area contributed by atoms with Crippen molar-refractivity contribution in [3.8, 4) is 0 Å². The van der Waals surface area contributed by atoms with Crippen LogP contribution in [0.4, 0.5) is 0 Å². The second kappa shape index (κ2) is 18.1. The van der Waals surface area contributed by atoms with Crippen LogP contribution in [-0.2, 0) is 22.3 Å². The third kappa shape index (κ3) is 24.4. The van der Waals surface area contributed by atoms with Crippen molar-refractivity contribution >= 4 is 23.5 Å². The van der Waals surface area contributed by atoms with Crippen LogP contribution in [0.3, 0.4) is 0 Å². The predicted octanol–water partition coefficient (Wildman–Crippen LogP) is 5.65. The Bertz CT molecular complexity index is 521. The fourth-order valence-corrected chi connectivity index (χ4v) is 11.5. The van der Waals surface area contributed by atoms with Gasteiger partial charge in [0.25, 0.3) is 0 Å². The Morgan fingerprint density at radius 3 is 1.27 bits per heavy atom. The SMILES string of the molecule is CCCCC(CC)[CH2][Nd][CH2]C(CC)CCCC.O=P(O)(O)OP(=O)(O)OP(=O)(O)O. The van der Waals surface area contributed by atoms with Gasteiger partial charge in [0.2, 0.25) is 0 Å². The van der Waals surface area contributed by atoms with Crippen LogP contribution in [0, 0.1) is 48.5 Å². The fourth-order valence-electron chi connectivity index (χ4n) is 2.66. The van der Waals surface area contributed by atoms with Crippen LogP contribution >= 0.6 is 23.5 Å². The van der Waals surface area contributed by atoms with E-state index in [2.05, 4.69) is 36.3 Å². The minimum Gasteiger partial charge on any atom is -0.302 e. The predicted molar refractivity (Wildman–Crippen MR) is 112 cm³/mol. The van der Waals surface area contributed by atoms with Crippen molar-refractivity contribution in [2.75, 3.05) is 0 Å². The van der Waals surface area contributed by atoms with Gasteiger partial charge >= 0.3 is 155 Å². The van der Waals surface area contributed by atoms with E-state index in [4.69, 9.17) is 24.5 Å². The summed E-state index contributed by atoms with van der Waals surface area (Å²) < 4.78 is 39.7. The molecule has 5 N–H and O–H groups in total. The average molecular weight is 629 g/mol. The van der Waals surface area contributed by atoms with E-state index in [0.717, 1.165) is 11.8 Å². The van der Waals surface area contributed by atoms with Gasteiger partial charge < -0.3 is 24.5 Å². The first-order valence-corrected chi connectivity index (χ1v) is 19.4. The molecule has 2 unspecified atom stereocenters. The van der Waals surface area contributed by atoms with Gasteiger partial charge in [-0.1, -0.05) is 0 Å². The average Bonchev–Trinajstić information content (AvgIpc) is 2.56. The van der Waals surface area contributed by atoms with E-state index in [0.29, 0.717) is 0 Å². The summed E-state index contributed by atoms with van der Waals surface area (Å²) in [6.07, 6.45) is 11.6. The van der Waals surface area contributed by atoms with Gasteiger partial charge in [-0.25, -0.2) is 13.7 Å². The summed E-state index contributed by atoms with van der Waals surface area (Å²) in [7, 11) is -16.2. The second-order valence-corrected chi connectivity index (χ2v) is 15.5. The van der Waals surface area contributed by atoms with Crippen LogP contribution in [0.1, 0.15) is 79.1 Å². The molecule has 0 heterocycles. The summed E-state index contributed by atoms with van der Waals surface area (Å²) in [5, 5.41) is 0. The molecule has 0 aromatic carbocycles. The van der Waals surface area contributed by atoms with Crippen molar-refractivity contribution < 1.29 is 83.5 Å². The quantitative estimate of drug-likeness (QED) is 0.135. The summed E-state index contributed by atoms with van der Waals surface area (Å²) in [5.74, 6) is 2.20. The first kappa shape index (κ1) is 33.9.